The lowest BCUT2D eigenvalue weighted by Crippen LogP contribution is -2.09. The minimum Gasteiger partial charge on any atom is -0.362 e. The molecule has 0 spiro atoms. The highest BCUT2D eigenvalue weighted by molar-refractivity contribution is 5.50. The zero-order chi connectivity index (χ0) is 11.5. The second-order valence-electron chi connectivity index (χ2n) is 2.58. The fourth-order valence-electron chi connectivity index (χ4n) is 0.934. The molecular formula is C9H6F3N3. The minimum atomic E-state index is -4.57. The van der Waals surface area contributed by atoms with Crippen molar-refractivity contribution in [2.75, 3.05) is 5.32 Å². The Morgan fingerprint density at radius 2 is 2.13 bits per heavy atom. The monoisotopic (exact) mass is 213 g/mol. The normalized spacial score (nSPS) is 10.5. The van der Waals surface area contributed by atoms with Crippen molar-refractivity contribution < 1.29 is 13.2 Å². The van der Waals surface area contributed by atoms with Crippen LogP contribution in [0.5, 0.6) is 0 Å². The second kappa shape index (κ2) is 4.00. The molecule has 15 heavy (non-hydrogen) atoms. The Labute approximate surface area is 83.9 Å². The SMILES string of the molecule is C=CNc1cc(C#N)nc(C(F)(F)F)c1. The molecule has 0 unspecified atom stereocenters. The van der Waals surface area contributed by atoms with Gasteiger partial charge in [-0.3, -0.25) is 0 Å². The summed E-state index contributed by atoms with van der Waals surface area (Å²) in [6.07, 6.45) is -3.35. The Kier molecular flexibility index (Phi) is 2.95. The molecule has 0 fully saturated rings. The molecule has 1 rings (SSSR count). The number of alkyl halides is 3. The summed E-state index contributed by atoms with van der Waals surface area (Å²) in [5.74, 6) is 0. The summed E-state index contributed by atoms with van der Waals surface area (Å²) in [5, 5.41) is 11.0. The minimum absolute atomic E-state index is 0.129. The van der Waals surface area contributed by atoms with Crippen LogP contribution in [-0.4, -0.2) is 4.98 Å². The average Bonchev–Trinajstić information content (AvgIpc) is 2.16. The lowest BCUT2D eigenvalue weighted by Gasteiger charge is -2.08. The highest BCUT2D eigenvalue weighted by Crippen LogP contribution is 2.29. The van der Waals surface area contributed by atoms with E-state index in [1.807, 2.05) is 0 Å². The van der Waals surface area contributed by atoms with E-state index in [2.05, 4.69) is 16.9 Å². The maximum absolute atomic E-state index is 12.3. The van der Waals surface area contributed by atoms with Gasteiger partial charge in [0.05, 0.1) is 0 Å². The largest absolute Gasteiger partial charge is 0.433 e. The summed E-state index contributed by atoms with van der Waals surface area (Å²) in [7, 11) is 0. The summed E-state index contributed by atoms with van der Waals surface area (Å²) in [5.41, 5.74) is -1.27. The zero-order valence-corrected chi connectivity index (χ0v) is 7.47. The molecule has 1 heterocycles. The van der Waals surface area contributed by atoms with Crippen molar-refractivity contribution in [2.24, 2.45) is 0 Å². The predicted octanol–water partition coefficient (Wildman–Crippen LogP) is 2.53. The Bertz CT molecular complexity index is 418. The molecular weight excluding hydrogens is 207 g/mol. The van der Waals surface area contributed by atoms with Crippen LogP contribution in [0.2, 0.25) is 0 Å². The summed E-state index contributed by atoms with van der Waals surface area (Å²) in [6.45, 7) is 3.31. The van der Waals surface area contributed by atoms with Gasteiger partial charge < -0.3 is 5.32 Å². The standard InChI is InChI=1S/C9H6F3N3/c1-2-14-6-3-7(5-13)15-8(4-6)9(10,11)12/h2-4H,1H2,(H,14,15). The first-order chi connectivity index (χ1) is 6.97. The molecule has 0 radical (unpaired) electrons. The van der Waals surface area contributed by atoms with Crippen LogP contribution in [0.4, 0.5) is 18.9 Å². The number of rotatable bonds is 2. The van der Waals surface area contributed by atoms with Gasteiger partial charge in [0.25, 0.3) is 0 Å². The maximum atomic E-state index is 12.3. The molecule has 0 aliphatic heterocycles. The van der Waals surface area contributed by atoms with Gasteiger partial charge in [-0.25, -0.2) is 4.98 Å². The van der Waals surface area contributed by atoms with Crippen LogP contribution in [0.25, 0.3) is 0 Å². The Hall–Kier alpha value is -2.03. The number of hydrogen-bond donors (Lipinski definition) is 1. The molecule has 3 nitrogen and oxygen atoms in total. The third-order valence-corrected chi connectivity index (χ3v) is 1.50. The van der Waals surface area contributed by atoms with Crippen molar-refractivity contribution in [3.05, 3.63) is 36.3 Å². The van der Waals surface area contributed by atoms with E-state index in [0.717, 1.165) is 6.07 Å². The fourth-order valence-corrected chi connectivity index (χ4v) is 0.934. The van der Waals surface area contributed by atoms with Crippen molar-refractivity contribution in [1.82, 2.24) is 4.98 Å². The fraction of sp³-hybridized carbons (Fsp3) is 0.111. The van der Waals surface area contributed by atoms with Gasteiger partial charge in [0.1, 0.15) is 17.5 Å². The summed E-state index contributed by atoms with van der Waals surface area (Å²) < 4.78 is 36.9. The molecule has 0 bridgehead atoms. The van der Waals surface area contributed by atoms with E-state index in [-0.39, 0.29) is 11.4 Å². The first-order valence-corrected chi connectivity index (χ1v) is 3.84. The molecule has 1 aromatic rings. The lowest BCUT2D eigenvalue weighted by molar-refractivity contribution is -0.141. The topological polar surface area (TPSA) is 48.7 Å². The van der Waals surface area contributed by atoms with Crippen LogP contribution in [0.3, 0.4) is 0 Å². The van der Waals surface area contributed by atoms with Crippen molar-refractivity contribution in [3.63, 3.8) is 0 Å². The summed E-state index contributed by atoms with van der Waals surface area (Å²) in [4.78, 5) is 3.14. The predicted molar refractivity (Wildman–Crippen MR) is 47.8 cm³/mol. The van der Waals surface area contributed by atoms with Gasteiger partial charge in [0, 0.05) is 5.69 Å². The zero-order valence-electron chi connectivity index (χ0n) is 7.47. The average molecular weight is 213 g/mol. The summed E-state index contributed by atoms with van der Waals surface area (Å²) >= 11 is 0. The number of nitrogens with one attached hydrogen (secondary N) is 1. The molecule has 0 aliphatic carbocycles. The van der Waals surface area contributed by atoms with Crippen molar-refractivity contribution in [1.29, 1.82) is 5.26 Å². The number of nitriles is 1. The van der Waals surface area contributed by atoms with E-state index in [9.17, 15) is 13.2 Å². The van der Waals surface area contributed by atoms with Gasteiger partial charge in [-0.2, -0.15) is 18.4 Å². The Morgan fingerprint density at radius 1 is 1.47 bits per heavy atom. The van der Waals surface area contributed by atoms with Crippen LogP contribution in [0.1, 0.15) is 11.4 Å². The number of pyridine rings is 1. The number of halogens is 3. The highest BCUT2D eigenvalue weighted by Gasteiger charge is 2.33. The Morgan fingerprint density at radius 3 is 2.60 bits per heavy atom. The van der Waals surface area contributed by atoms with Gasteiger partial charge in [-0.15, -0.1) is 0 Å². The van der Waals surface area contributed by atoms with Crippen LogP contribution < -0.4 is 5.32 Å². The van der Waals surface area contributed by atoms with Crippen LogP contribution >= 0.6 is 0 Å². The van der Waals surface area contributed by atoms with E-state index < -0.39 is 11.9 Å². The molecule has 0 saturated heterocycles. The molecule has 78 valence electrons. The molecule has 0 saturated carbocycles. The molecule has 0 amide bonds. The van der Waals surface area contributed by atoms with E-state index in [4.69, 9.17) is 5.26 Å². The second-order valence-corrected chi connectivity index (χ2v) is 2.58. The van der Waals surface area contributed by atoms with Crippen LogP contribution in [0, 0.1) is 11.3 Å². The summed E-state index contributed by atoms with van der Waals surface area (Å²) in [6, 6.07) is 3.57. The number of aromatic nitrogens is 1. The third-order valence-electron chi connectivity index (χ3n) is 1.50. The number of hydrogen-bond acceptors (Lipinski definition) is 3. The van der Waals surface area contributed by atoms with E-state index in [0.29, 0.717) is 0 Å². The van der Waals surface area contributed by atoms with E-state index in [1.54, 1.807) is 6.07 Å². The molecule has 0 atom stereocenters. The smallest absolute Gasteiger partial charge is 0.362 e. The van der Waals surface area contributed by atoms with E-state index >= 15 is 0 Å². The van der Waals surface area contributed by atoms with Crippen LogP contribution in [-0.2, 0) is 6.18 Å². The van der Waals surface area contributed by atoms with Gasteiger partial charge in [0.2, 0.25) is 0 Å². The number of anilines is 1. The number of nitrogens with zero attached hydrogens (tertiary/aromatic N) is 2. The van der Waals surface area contributed by atoms with Crippen LogP contribution in [0.15, 0.2) is 24.9 Å². The molecule has 1 aromatic heterocycles. The van der Waals surface area contributed by atoms with Crippen molar-refractivity contribution in [3.8, 4) is 6.07 Å². The molecule has 1 N–H and O–H groups in total. The Balaban J connectivity index is 3.24. The third kappa shape index (κ3) is 2.71. The first-order valence-electron chi connectivity index (χ1n) is 3.84. The van der Waals surface area contributed by atoms with Gasteiger partial charge in [-0.05, 0) is 18.3 Å². The first kappa shape index (κ1) is 11.0. The molecule has 0 aromatic carbocycles. The maximum Gasteiger partial charge on any atom is 0.433 e. The molecule has 0 aliphatic rings. The highest BCUT2D eigenvalue weighted by atomic mass is 19.4. The quantitative estimate of drug-likeness (QED) is 0.821. The lowest BCUT2D eigenvalue weighted by atomic mass is 10.2. The van der Waals surface area contributed by atoms with Gasteiger partial charge >= 0.3 is 6.18 Å². The van der Waals surface area contributed by atoms with Gasteiger partial charge in [-0.1, -0.05) is 6.58 Å². The van der Waals surface area contributed by atoms with Crippen molar-refractivity contribution in [2.45, 2.75) is 6.18 Å². The molecule has 6 heteroatoms. The van der Waals surface area contributed by atoms with Crippen molar-refractivity contribution >= 4 is 5.69 Å². The van der Waals surface area contributed by atoms with E-state index in [1.165, 1.54) is 12.3 Å². The van der Waals surface area contributed by atoms with Gasteiger partial charge in [0.15, 0.2) is 0 Å².